The summed E-state index contributed by atoms with van der Waals surface area (Å²) in [5.74, 6) is -0.428. The van der Waals surface area contributed by atoms with Gasteiger partial charge in [-0.1, -0.05) is 13.3 Å². The number of aliphatic carboxylic acids is 1. The lowest BCUT2D eigenvalue weighted by molar-refractivity contribution is -0.137. The summed E-state index contributed by atoms with van der Waals surface area (Å²) >= 11 is 0. The molecular formula is C14H24N4O3. The van der Waals surface area contributed by atoms with Gasteiger partial charge >= 0.3 is 12.0 Å². The van der Waals surface area contributed by atoms with Gasteiger partial charge in [0.2, 0.25) is 0 Å². The summed E-state index contributed by atoms with van der Waals surface area (Å²) in [5, 5.41) is 18.2. The van der Waals surface area contributed by atoms with Crippen LogP contribution in [0.2, 0.25) is 0 Å². The summed E-state index contributed by atoms with van der Waals surface area (Å²) in [4.78, 5) is 22.1. The second-order valence-electron chi connectivity index (χ2n) is 4.95. The zero-order chi connectivity index (χ0) is 15.5. The maximum Gasteiger partial charge on any atom is 0.314 e. The molecule has 7 nitrogen and oxygen atoms in total. The van der Waals surface area contributed by atoms with E-state index >= 15 is 0 Å². The van der Waals surface area contributed by atoms with E-state index in [-0.39, 0.29) is 12.5 Å². The number of carbonyl (C=O) groups excluding carboxylic acids is 1. The van der Waals surface area contributed by atoms with E-state index in [1.54, 1.807) is 10.9 Å². The number of urea groups is 1. The number of nitrogens with one attached hydrogen (secondary N) is 2. The molecule has 1 rings (SSSR count). The molecule has 21 heavy (non-hydrogen) atoms. The lowest BCUT2D eigenvalue weighted by Crippen LogP contribution is -2.38. The van der Waals surface area contributed by atoms with Crippen molar-refractivity contribution in [3.8, 4) is 0 Å². The first-order valence-corrected chi connectivity index (χ1v) is 7.32. The SMILES string of the molecule is CCC(CCNC(=O)NCCn1cccn1)CCC(=O)O. The molecule has 0 aromatic carbocycles. The highest BCUT2D eigenvalue weighted by molar-refractivity contribution is 5.73. The summed E-state index contributed by atoms with van der Waals surface area (Å²) in [6.07, 6.45) is 6.12. The molecule has 0 radical (unpaired) electrons. The Kier molecular flexibility index (Phi) is 7.93. The summed E-state index contributed by atoms with van der Waals surface area (Å²) in [6.45, 7) is 3.75. The number of hydrogen-bond acceptors (Lipinski definition) is 3. The lowest BCUT2D eigenvalue weighted by Gasteiger charge is -2.14. The van der Waals surface area contributed by atoms with E-state index < -0.39 is 5.97 Å². The maximum atomic E-state index is 11.6. The Morgan fingerprint density at radius 1 is 1.29 bits per heavy atom. The van der Waals surface area contributed by atoms with Gasteiger partial charge in [0.15, 0.2) is 0 Å². The summed E-state index contributed by atoms with van der Waals surface area (Å²) in [6, 6.07) is 1.64. The molecule has 1 unspecified atom stereocenters. The molecule has 3 N–H and O–H groups in total. The Hall–Kier alpha value is -2.05. The van der Waals surface area contributed by atoms with Gasteiger partial charge in [-0.05, 0) is 24.8 Å². The zero-order valence-corrected chi connectivity index (χ0v) is 12.4. The van der Waals surface area contributed by atoms with Gasteiger partial charge in [0.05, 0.1) is 6.54 Å². The predicted molar refractivity (Wildman–Crippen MR) is 78.9 cm³/mol. The molecule has 118 valence electrons. The fraction of sp³-hybridized carbons (Fsp3) is 0.643. The van der Waals surface area contributed by atoms with Gasteiger partial charge < -0.3 is 15.7 Å². The van der Waals surface area contributed by atoms with E-state index in [4.69, 9.17) is 5.11 Å². The minimum Gasteiger partial charge on any atom is -0.481 e. The number of amides is 2. The topological polar surface area (TPSA) is 96.3 Å². The van der Waals surface area contributed by atoms with Crippen molar-refractivity contribution in [2.75, 3.05) is 13.1 Å². The maximum absolute atomic E-state index is 11.6. The van der Waals surface area contributed by atoms with Crippen LogP contribution in [0.3, 0.4) is 0 Å². The second-order valence-corrected chi connectivity index (χ2v) is 4.95. The van der Waals surface area contributed by atoms with Crippen LogP contribution in [-0.2, 0) is 11.3 Å². The van der Waals surface area contributed by atoms with E-state index in [9.17, 15) is 9.59 Å². The van der Waals surface area contributed by atoms with Crippen LogP contribution in [0.1, 0.15) is 32.6 Å². The highest BCUT2D eigenvalue weighted by Crippen LogP contribution is 2.14. The van der Waals surface area contributed by atoms with Gasteiger partial charge in [-0.3, -0.25) is 9.48 Å². The third kappa shape index (κ3) is 7.96. The number of carboxylic acids is 1. The average molecular weight is 296 g/mol. The summed E-state index contributed by atoms with van der Waals surface area (Å²) in [5.41, 5.74) is 0. The fourth-order valence-corrected chi connectivity index (χ4v) is 2.05. The average Bonchev–Trinajstić information content (AvgIpc) is 2.95. The summed E-state index contributed by atoms with van der Waals surface area (Å²) < 4.78 is 1.75. The molecule has 1 atom stereocenters. The molecule has 0 bridgehead atoms. The molecule has 2 amide bonds. The van der Waals surface area contributed by atoms with Crippen LogP contribution in [0.15, 0.2) is 18.5 Å². The minimum atomic E-state index is -0.766. The number of hydrogen-bond donors (Lipinski definition) is 3. The Labute approximate surface area is 124 Å². The number of carboxylic acid groups (broad SMARTS) is 1. The molecule has 0 fully saturated rings. The van der Waals surface area contributed by atoms with Gasteiger partial charge in [-0.25, -0.2) is 4.79 Å². The lowest BCUT2D eigenvalue weighted by atomic mass is 9.97. The first kappa shape index (κ1) is 17.0. The smallest absolute Gasteiger partial charge is 0.314 e. The molecule has 0 aliphatic rings. The Balaban J connectivity index is 2.07. The second kappa shape index (κ2) is 9.79. The van der Waals surface area contributed by atoms with Crippen LogP contribution in [0, 0.1) is 5.92 Å². The number of carbonyl (C=O) groups is 2. The fourth-order valence-electron chi connectivity index (χ4n) is 2.05. The van der Waals surface area contributed by atoms with Crippen molar-refractivity contribution in [3.05, 3.63) is 18.5 Å². The van der Waals surface area contributed by atoms with Gasteiger partial charge in [0.1, 0.15) is 0 Å². The Morgan fingerprint density at radius 2 is 2.05 bits per heavy atom. The highest BCUT2D eigenvalue weighted by atomic mass is 16.4. The Bertz CT molecular complexity index is 420. The molecule has 0 spiro atoms. The first-order valence-electron chi connectivity index (χ1n) is 7.32. The van der Waals surface area contributed by atoms with Gasteiger partial charge in [0.25, 0.3) is 0 Å². The van der Waals surface area contributed by atoms with E-state index in [0.29, 0.717) is 32.0 Å². The molecule has 0 aliphatic heterocycles. The van der Waals surface area contributed by atoms with Gasteiger partial charge in [-0.2, -0.15) is 5.10 Å². The van der Waals surface area contributed by atoms with Crippen molar-refractivity contribution in [1.82, 2.24) is 20.4 Å². The molecule has 1 aromatic heterocycles. The number of nitrogens with zero attached hydrogens (tertiary/aromatic N) is 2. The van der Waals surface area contributed by atoms with Crippen molar-refractivity contribution in [1.29, 1.82) is 0 Å². The third-order valence-corrected chi connectivity index (χ3v) is 3.37. The van der Waals surface area contributed by atoms with Crippen LogP contribution in [-0.4, -0.2) is 40.0 Å². The largest absolute Gasteiger partial charge is 0.481 e. The molecule has 0 aliphatic carbocycles. The van der Waals surface area contributed by atoms with E-state index in [0.717, 1.165) is 12.8 Å². The van der Waals surface area contributed by atoms with E-state index in [1.807, 2.05) is 19.2 Å². The van der Waals surface area contributed by atoms with E-state index in [2.05, 4.69) is 15.7 Å². The molecule has 7 heteroatoms. The van der Waals surface area contributed by atoms with E-state index in [1.165, 1.54) is 0 Å². The van der Waals surface area contributed by atoms with Gasteiger partial charge in [-0.15, -0.1) is 0 Å². The molecular weight excluding hydrogens is 272 g/mol. The molecule has 0 saturated heterocycles. The molecule has 1 aromatic rings. The van der Waals surface area contributed by atoms with Crippen LogP contribution < -0.4 is 10.6 Å². The minimum absolute atomic E-state index is 0.189. The third-order valence-electron chi connectivity index (χ3n) is 3.37. The first-order chi connectivity index (χ1) is 10.1. The number of aromatic nitrogens is 2. The number of rotatable bonds is 10. The summed E-state index contributed by atoms with van der Waals surface area (Å²) in [7, 11) is 0. The predicted octanol–water partition coefficient (Wildman–Crippen LogP) is 1.46. The Morgan fingerprint density at radius 3 is 2.67 bits per heavy atom. The van der Waals surface area contributed by atoms with Crippen LogP contribution >= 0.6 is 0 Å². The quantitative estimate of drug-likeness (QED) is 0.609. The molecule has 1 heterocycles. The zero-order valence-electron chi connectivity index (χ0n) is 12.4. The van der Waals surface area contributed by atoms with Crippen LogP contribution in [0.4, 0.5) is 4.79 Å². The van der Waals surface area contributed by atoms with Crippen LogP contribution in [0.5, 0.6) is 0 Å². The van der Waals surface area contributed by atoms with Gasteiger partial charge in [0, 0.05) is 31.9 Å². The van der Waals surface area contributed by atoms with Crippen molar-refractivity contribution >= 4 is 12.0 Å². The van der Waals surface area contributed by atoms with Crippen molar-refractivity contribution in [2.45, 2.75) is 39.2 Å². The highest BCUT2D eigenvalue weighted by Gasteiger charge is 2.09. The standard InChI is InChI=1S/C14H24N4O3/c1-2-12(4-5-13(19)20)6-8-15-14(21)16-9-11-18-10-3-7-17-18/h3,7,10,12H,2,4-6,8-9,11H2,1H3,(H,19,20)(H2,15,16,21). The normalized spacial score (nSPS) is 11.9. The van der Waals surface area contributed by atoms with Crippen molar-refractivity contribution < 1.29 is 14.7 Å². The monoisotopic (exact) mass is 296 g/mol. The van der Waals surface area contributed by atoms with Crippen molar-refractivity contribution in [2.24, 2.45) is 5.92 Å². The van der Waals surface area contributed by atoms with Crippen molar-refractivity contribution in [3.63, 3.8) is 0 Å². The van der Waals surface area contributed by atoms with Crippen LogP contribution in [0.25, 0.3) is 0 Å². The molecule has 0 saturated carbocycles.